The Hall–Kier alpha value is -1.78. The van der Waals surface area contributed by atoms with Crippen LogP contribution in [-0.2, 0) is 4.79 Å². The molecule has 3 nitrogen and oxygen atoms in total. The van der Waals surface area contributed by atoms with Crippen molar-refractivity contribution in [3.8, 4) is 0 Å². The van der Waals surface area contributed by atoms with Crippen molar-refractivity contribution in [1.29, 1.82) is 0 Å². The molecular formula is C15H13Cl2FN2O. The Morgan fingerprint density at radius 2 is 1.71 bits per heavy atom. The molecule has 110 valence electrons. The van der Waals surface area contributed by atoms with E-state index in [1.807, 2.05) is 0 Å². The summed E-state index contributed by atoms with van der Waals surface area (Å²) in [6.45, 7) is 1.70. The van der Waals surface area contributed by atoms with E-state index in [2.05, 4.69) is 10.6 Å². The van der Waals surface area contributed by atoms with Crippen molar-refractivity contribution in [3.63, 3.8) is 0 Å². The maximum atomic E-state index is 13.1. The highest BCUT2D eigenvalue weighted by Gasteiger charge is 2.13. The summed E-state index contributed by atoms with van der Waals surface area (Å²) in [5.41, 5.74) is 1.22. The molecule has 0 saturated carbocycles. The van der Waals surface area contributed by atoms with Crippen molar-refractivity contribution >= 4 is 40.5 Å². The molecular weight excluding hydrogens is 314 g/mol. The third-order valence-electron chi connectivity index (χ3n) is 2.81. The van der Waals surface area contributed by atoms with Gasteiger partial charge in [0.05, 0.1) is 5.02 Å². The minimum atomic E-state index is -0.512. The van der Waals surface area contributed by atoms with Crippen LogP contribution in [0.25, 0.3) is 0 Å². The third-order valence-corrected chi connectivity index (χ3v) is 3.35. The van der Waals surface area contributed by atoms with Gasteiger partial charge < -0.3 is 10.6 Å². The van der Waals surface area contributed by atoms with E-state index in [1.54, 1.807) is 31.2 Å². The Morgan fingerprint density at radius 1 is 1.10 bits per heavy atom. The van der Waals surface area contributed by atoms with Gasteiger partial charge in [-0.05, 0) is 49.4 Å². The lowest BCUT2D eigenvalue weighted by Gasteiger charge is -2.15. The smallest absolute Gasteiger partial charge is 0.246 e. The van der Waals surface area contributed by atoms with Crippen molar-refractivity contribution in [2.45, 2.75) is 13.0 Å². The van der Waals surface area contributed by atoms with Crippen LogP contribution in [0.1, 0.15) is 6.92 Å². The largest absolute Gasteiger partial charge is 0.374 e. The summed E-state index contributed by atoms with van der Waals surface area (Å²) in [4.78, 5) is 12.0. The van der Waals surface area contributed by atoms with E-state index in [0.29, 0.717) is 16.4 Å². The zero-order valence-corrected chi connectivity index (χ0v) is 12.7. The van der Waals surface area contributed by atoms with Gasteiger partial charge in [0, 0.05) is 16.4 Å². The molecule has 0 saturated heterocycles. The number of nitrogens with one attached hydrogen (secondary N) is 2. The second-order valence-corrected chi connectivity index (χ2v) is 5.33. The van der Waals surface area contributed by atoms with Gasteiger partial charge in [-0.2, -0.15) is 0 Å². The van der Waals surface area contributed by atoms with Gasteiger partial charge in [0.1, 0.15) is 11.9 Å². The predicted molar refractivity (Wildman–Crippen MR) is 84.6 cm³/mol. The number of rotatable bonds is 4. The molecule has 0 bridgehead atoms. The fraction of sp³-hybridized carbons (Fsp3) is 0.133. The van der Waals surface area contributed by atoms with Crippen LogP contribution < -0.4 is 10.6 Å². The fourth-order valence-electron chi connectivity index (χ4n) is 1.69. The van der Waals surface area contributed by atoms with Crippen molar-refractivity contribution in [1.82, 2.24) is 0 Å². The normalized spacial score (nSPS) is 11.8. The monoisotopic (exact) mass is 326 g/mol. The number of hydrogen-bond donors (Lipinski definition) is 2. The standard InChI is InChI=1S/C15H13Cl2FN2O/c1-9(19-12-6-7-14(18)13(17)8-12)15(21)20-11-4-2-10(16)3-5-11/h2-9,19H,1H3,(H,20,21)/t9-/m0/s1. The van der Waals surface area contributed by atoms with E-state index in [0.717, 1.165) is 0 Å². The summed E-state index contributed by atoms with van der Waals surface area (Å²) in [7, 11) is 0. The summed E-state index contributed by atoms with van der Waals surface area (Å²) in [6, 6.07) is 10.5. The van der Waals surface area contributed by atoms with Gasteiger partial charge in [0.25, 0.3) is 0 Å². The van der Waals surface area contributed by atoms with Crippen molar-refractivity contribution in [3.05, 3.63) is 58.3 Å². The lowest BCUT2D eigenvalue weighted by Crippen LogP contribution is -2.31. The minimum absolute atomic E-state index is 0.00492. The summed E-state index contributed by atoms with van der Waals surface area (Å²) in [5.74, 6) is -0.724. The highest BCUT2D eigenvalue weighted by molar-refractivity contribution is 6.31. The average molecular weight is 327 g/mol. The summed E-state index contributed by atoms with van der Waals surface area (Å²) in [5, 5.41) is 6.30. The Balaban J connectivity index is 1.98. The summed E-state index contributed by atoms with van der Waals surface area (Å²) >= 11 is 11.5. The number of hydrogen-bond acceptors (Lipinski definition) is 2. The SMILES string of the molecule is C[C@H](Nc1ccc(F)c(Cl)c1)C(=O)Nc1ccc(Cl)cc1. The van der Waals surface area contributed by atoms with Gasteiger partial charge in [0.2, 0.25) is 5.91 Å². The van der Waals surface area contributed by atoms with Gasteiger partial charge >= 0.3 is 0 Å². The number of halogens is 3. The second kappa shape index (κ2) is 6.78. The molecule has 0 aliphatic carbocycles. The Bertz CT molecular complexity index is 647. The Labute approximate surface area is 132 Å². The molecule has 0 spiro atoms. The van der Waals surface area contributed by atoms with Gasteiger partial charge in [-0.15, -0.1) is 0 Å². The zero-order chi connectivity index (χ0) is 15.4. The number of anilines is 2. The Morgan fingerprint density at radius 3 is 2.33 bits per heavy atom. The van der Waals surface area contributed by atoms with E-state index in [4.69, 9.17) is 23.2 Å². The molecule has 2 N–H and O–H groups in total. The predicted octanol–water partition coefficient (Wildman–Crippen LogP) is 4.57. The average Bonchev–Trinajstić information content (AvgIpc) is 2.45. The van der Waals surface area contributed by atoms with Crippen LogP contribution in [0.15, 0.2) is 42.5 Å². The zero-order valence-electron chi connectivity index (χ0n) is 11.2. The van der Waals surface area contributed by atoms with E-state index in [9.17, 15) is 9.18 Å². The maximum absolute atomic E-state index is 13.1. The molecule has 0 unspecified atom stereocenters. The lowest BCUT2D eigenvalue weighted by atomic mass is 10.2. The number of carbonyl (C=O) groups is 1. The first kappa shape index (κ1) is 15.6. The molecule has 0 aromatic heterocycles. The van der Waals surface area contributed by atoms with Crippen LogP contribution in [0.4, 0.5) is 15.8 Å². The summed E-state index contributed by atoms with van der Waals surface area (Å²) < 4.78 is 13.1. The van der Waals surface area contributed by atoms with Crippen LogP contribution in [0.2, 0.25) is 10.0 Å². The van der Waals surface area contributed by atoms with Crippen LogP contribution in [0.3, 0.4) is 0 Å². The molecule has 2 aromatic rings. The van der Waals surface area contributed by atoms with Crippen LogP contribution >= 0.6 is 23.2 Å². The topological polar surface area (TPSA) is 41.1 Å². The van der Waals surface area contributed by atoms with Gasteiger partial charge in [-0.3, -0.25) is 4.79 Å². The van der Waals surface area contributed by atoms with E-state index in [-0.39, 0.29) is 10.9 Å². The second-order valence-electron chi connectivity index (χ2n) is 4.49. The number of amides is 1. The van der Waals surface area contributed by atoms with Crippen molar-refractivity contribution in [2.75, 3.05) is 10.6 Å². The highest BCUT2D eigenvalue weighted by Crippen LogP contribution is 2.20. The van der Waals surface area contributed by atoms with Crippen LogP contribution in [0.5, 0.6) is 0 Å². The van der Waals surface area contributed by atoms with Gasteiger partial charge in [0.15, 0.2) is 0 Å². The van der Waals surface area contributed by atoms with Crippen LogP contribution in [-0.4, -0.2) is 11.9 Å². The lowest BCUT2D eigenvalue weighted by molar-refractivity contribution is -0.116. The molecule has 1 atom stereocenters. The molecule has 0 heterocycles. The maximum Gasteiger partial charge on any atom is 0.246 e. The van der Waals surface area contributed by atoms with Gasteiger partial charge in [-0.1, -0.05) is 23.2 Å². The molecule has 2 rings (SSSR count). The molecule has 2 aromatic carbocycles. The number of benzene rings is 2. The fourth-order valence-corrected chi connectivity index (χ4v) is 1.99. The summed E-state index contributed by atoms with van der Waals surface area (Å²) in [6.07, 6.45) is 0. The molecule has 0 radical (unpaired) electrons. The molecule has 0 fully saturated rings. The molecule has 6 heteroatoms. The molecule has 1 amide bonds. The van der Waals surface area contributed by atoms with Crippen molar-refractivity contribution < 1.29 is 9.18 Å². The molecule has 0 aliphatic rings. The molecule has 0 aliphatic heterocycles. The van der Waals surface area contributed by atoms with Crippen molar-refractivity contribution in [2.24, 2.45) is 0 Å². The first-order valence-corrected chi connectivity index (χ1v) is 6.99. The minimum Gasteiger partial charge on any atom is -0.374 e. The van der Waals surface area contributed by atoms with Crippen LogP contribution in [0, 0.1) is 5.82 Å². The third kappa shape index (κ3) is 4.34. The van der Waals surface area contributed by atoms with E-state index in [1.165, 1.54) is 18.2 Å². The van der Waals surface area contributed by atoms with E-state index >= 15 is 0 Å². The number of carbonyl (C=O) groups excluding carboxylic acids is 1. The Kier molecular flexibility index (Phi) is 5.04. The highest BCUT2D eigenvalue weighted by atomic mass is 35.5. The van der Waals surface area contributed by atoms with Gasteiger partial charge in [-0.25, -0.2) is 4.39 Å². The van der Waals surface area contributed by atoms with E-state index < -0.39 is 11.9 Å². The first-order chi connectivity index (χ1) is 9.95. The first-order valence-electron chi connectivity index (χ1n) is 6.24. The quantitative estimate of drug-likeness (QED) is 0.863. The molecule has 21 heavy (non-hydrogen) atoms.